The Kier molecular flexibility index (Phi) is 3.24. The van der Waals surface area contributed by atoms with Crippen molar-refractivity contribution in [2.24, 2.45) is 0 Å². The normalized spacial score (nSPS) is 18.8. The molecule has 3 aromatic rings. The highest BCUT2D eigenvalue weighted by molar-refractivity contribution is 5.95. The molecule has 0 spiro atoms. The summed E-state index contributed by atoms with van der Waals surface area (Å²) in [5.41, 5.74) is 1.87. The van der Waals surface area contributed by atoms with Gasteiger partial charge in [-0.3, -0.25) is 0 Å². The minimum atomic E-state index is -1.34. The number of cyclic esters (lactones) is 1. The number of rotatable bonds is 3. The first kappa shape index (κ1) is 14.3. The Balaban J connectivity index is 1.89. The Morgan fingerprint density at radius 2 is 1.50 bits per heavy atom. The van der Waals surface area contributed by atoms with E-state index in [4.69, 9.17) is 9.47 Å². The van der Waals surface area contributed by atoms with Gasteiger partial charge in [0.25, 0.3) is 0 Å². The number of carbonyl (C=O) groups excluding carboxylic acids is 1. The number of fused-ring (bicyclic) bond motifs is 1. The SMILES string of the molecule is O=C1OC(Oc2ccc(O)cc2)(c2ccccc2)c2ccccc21. The number of hydrogen-bond donors (Lipinski definition) is 1. The van der Waals surface area contributed by atoms with Crippen molar-refractivity contribution in [1.82, 2.24) is 0 Å². The molecular weight excluding hydrogens is 304 g/mol. The molecule has 0 aliphatic carbocycles. The van der Waals surface area contributed by atoms with Crippen LogP contribution in [0.1, 0.15) is 21.5 Å². The number of phenolic OH excluding ortho intramolecular Hbond substituents is 1. The van der Waals surface area contributed by atoms with Crippen LogP contribution in [0.25, 0.3) is 0 Å². The monoisotopic (exact) mass is 318 g/mol. The summed E-state index contributed by atoms with van der Waals surface area (Å²) in [4.78, 5) is 12.4. The molecule has 0 fully saturated rings. The Morgan fingerprint density at radius 1 is 0.833 bits per heavy atom. The number of hydrogen-bond acceptors (Lipinski definition) is 4. The van der Waals surface area contributed by atoms with Crippen LogP contribution in [0.15, 0.2) is 78.9 Å². The highest BCUT2D eigenvalue weighted by Gasteiger charge is 2.49. The molecule has 0 saturated heterocycles. The summed E-state index contributed by atoms with van der Waals surface area (Å²) in [6.45, 7) is 0. The van der Waals surface area contributed by atoms with Crippen LogP contribution in [0.5, 0.6) is 11.5 Å². The van der Waals surface area contributed by atoms with Crippen LogP contribution in [0.4, 0.5) is 0 Å². The van der Waals surface area contributed by atoms with Gasteiger partial charge in [0.05, 0.1) is 11.1 Å². The van der Waals surface area contributed by atoms with Gasteiger partial charge >= 0.3 is 11.8 Å². The summed E-state index contributed by atoms with van der Waals surface area (Å²) in [7, 11) is 0. The van der Waals surface area contributed by atoms with Gasteiger partial charge in [0.2, 0.25) is 0 Å². The van der Waals surface area contributed by atoms with Crippen LogP contribution in [-0.2, 0) is 10.5 Å². The third kappa shape index (κ3) is 2.20. The topological polar surface area (TPSA) is 55.8 Å². The number of benzene rings is 3. The molecule has 1 N–H and O–H groups in total. The largest absolute Gasteiger partial charge is 0.508 e. The van der Waals surface area contributed by atoms with Crippen LogP contribution in [0.2, 0.25) is 0 Å². The average molecular weight is 318 g/mol. The fourth-order valence-corrected chi connectivity index (χ4v) is 2.88. The summed E-state index contributed by atoms with van der Waals surface area (Å²) < 4.78 is 11.9. The molecule has 0 bridgehead atoms. The lowest BCUT2D eigenvalue weighted by molar-refractivity contribution is -0.108. The van der Waals surface area contributed by atoms with Crippen molar-refractivity contribution in [3.63, 3.8) is 0 Å². The van der Waals surface area contributed by atoms with E-state index in [0.29, 0.717) is 16.9 Å². The van der Waals surface area contributed by atoms with E-state index in [9.17, 15) is 9.90 Å². The first-order chi connectivity index (χ1) is 11.7. The summed E-state index contributed by atoms with van der Waals surface area (Å²) in [5.74, 6) is -1.14. The van der Waals surface area contributed by atoms with E-state index in [-0.39, 0.29) is 5.75 Å². The van der Waals surface area contributed by atoms with E-state index in [2.05, 4.69) is 0 Å². The summed E-state index contributed by atoms with van der Waals surface area (Å²) >= 11 is 0. The predicted molar refractivity (Wildman–Crippen MR) is 87.8 cm³/mol. The van der Waals surface area contributed by atoms with Crippen LogP contribution >= 0.6 is 0 Å². The first-order valence-electron chi connectivity index (χ1n) is 7.55. The van der Waals surface area contributed by atoms with Crippen LogP contribution < -0.4 is 4.74 Å². The van der Waals surface area contributed by atoms with Gasteiger partial charge in [-0.2, -0.15) is 0 Å². The maximum atomic E-state index is 12.4. The number of ether oxygens (including phenoxy) is 2. The molecule has 1 aliphatic heterocycles. The molecule has 0 saturated carbocycles. The van der Waals surface area contributed by atoms with Crippen LogP contribution in [0.3, 0.4) is 0 Å². The zero-order valence-electron chi connectivity index (χ0n) is 12.7. The predicted octanol–water partition coefficient (Wildman–Crippen LogP) is 3.84. The first-order valence-corrected chi connectivity index (χ1v) is 7.55. The van der Waals surface area contributed by atoms with E-state index >= 15 is 0 Å². The molecule has 3 aromatic carbocycles. The maximum absolute atomic E-state index is 12.4. The number of esters is 1. The molecule has 4 nitrogen and oxygen atoms in total. The minimum Gasteiger partial charge on any atom is -0.508 e. The minimum absolute atomic E-state index is 0.139. The van der Waals surface area contributed by atoms with Gasteiger partial charge in [0.15, 0.2) is 0 Å². The molecule has 0 amide bonds. The van der Waals surface area contributed by atoms with Gasteiger partial charge in [-0.05, 0) is 36.4 Å². The van der Waals surface area contributed by atoms with Gasteiger partial charge in [-0.25, -0.2) is 4.79 Å². The van der Waals surface area contributed by atoms with Crippen LogP contribution in [-0.4, -0.2) is 11.1 Å². The number of phenols is 1. The Hall–Kier alpha value is -3.27. The van der Waals surface area contributed by atoms with Crippen molar-refractivity contribution in [3.8, 4) is 11.5 Å². The van der Waals surface area contributed by atoms with Gasteiger partial charge < -0.3 is 14.6 Å². The smallest absolute Gasteiger partial charge is 0.342 e. The molecule has 24 heavy (non-hydrogen) atoms. The maximum Gasteiger partial charge on any atom is 0.342 e. The molecule has 1 atom stereocenters. The molecule has 118 valence electrons. The fraction of sp³-hybridized carbons (Fsp3) is 0.0500. The van der Waals surface area contributed by atoms with Crippen molar-refractivity contribution >= 4 is 5.97 Å². The zero-order valence-corrected chi connectivity index (χ0v) is 12.7. The van der Waals surface area contributed by atoms with Gasteiger partial charge in [0, 0.05) is 5.56 Å². The Morgan fingerprint density at radius 3 is 2.25 bits per heavy atom. The van der Waals surface area contributed by atoms with Crippen molar-refractivity contribution in [2.75, 3.05) is 0 Å². The lowest BCUT2D eigenvalue weighted by Crippen LogP contribution is -2.34. The van der Waals surface area contributed by atoms with E-state index in [1.54, 1.807) is 24.3 Å². The van der Waals surface area contributed by atoms with Crippen molar-refractivity contribution < 1.29 is 19.4 Å². The van der Waals surface area contributed by atoms with Gasteiger partial charge in [-0.1, -0.05) is 42.5 Å². The highest BCUT2D eigenvalue weighted by atomic mass is 16.7. The molecule has 0 aromatic heterocycles. The second kappa shape index (κ2) is 5.42. The third-order valence-electron chi connectivity index (χ3n) is 3.99. The Bertz CT molecular complexity index is 887. The molecule has 1 aliphatic rings. The highest BCUT2D eigenvalue weighted by Crippen LogP contribution is 2.43. The van der Waals surface area contributed by atoms with Gasteiger partial charge in [-0.15, -0.1) is 0 Å². The lowest BCUT2D eigenvalue weighted by atomic mass is 9.95. The Labute approximate surface area is 138 Å². The zero-order chi connectivity index (χ0) is 16.6. The standard InChI is InChI=1S/C20H14O4/c21-15-10-12-16(13-11-15)23-20(14-6-2-1-3-7-14)18-9-5-4-8-17(18)19(22)24-20/h1-13,21H. The molecule has 4 heteroatoms. The van der Waals surface area contributed by atoms with Crippen LogP contribution in [0, 0.1) is 0 Å². The molecule has 0 radical (unpaired) electrons. The molecule has 4 rings (SSSR count). The van der Waals surface area contributed by atoms with Crippen molar-refractivity contribution in [2.45, 2.75) is 5.79 Å². The van der Waals surface area contributed by atoms with Crippen molar-refractivity contribution in [3.05, 3.63) is 95.6 Å². The second-order valence-corrected chi connectivity index (χ2v) is 5.51. The summed E-state index contributed by atoms with van der Waals surface area (Å²) in [5, 5.41) is 9.46. The number of aromatic hydroxyl groups is 1. The molecular formula is C20H14O4. The lowest BCUT2D eigenvalue weighted by Gasteiger charge is -2.30. The molecule has 1 unspecified atom stereocenters. The van der Waals surface area contributed by atoms with E-state index in [1.807, 2.05) is 42.5 Å². The second-order valence-electron chi connectivity index (χ2n) is 5.51. The van der Waals surface area contributed by atoms with Crippen molar-refractivity contribution in [1.29, 1.82) is 0 Å². The molecule has 1 heterocycles. The van der Waals surface area contributed by atoms with E-state index < -0.39 is 11.8 Å². The third-order valence-corrected chi connectivity index (χ3v) is 3.99. The average Bonchev–Trinajstić information content (AvgIpc) is 2.91. The quantitative estimate of drug-likeness (QED) is 0.745. The summed E-state index contributed by atoms with van der Waals surface area (Å²) in [6.07, 6.45) is 0. The van der Waals surface area contributed by atoms with Gasteiger partial charge in [0.1, 0.15) is 11.5 Å². The van der Waals surface area contributed by atoms with E-state index in [1.165, 1.54) is 12.1 Å². The van der Waals surface area contributed by atoms with E-state index in [0.717, 1.165) is 5.56 Å². The number of carbonyl (C=O) groups is 1. The fourth-order valence-electron chi connectivity index (χ4n) is 2.88. The summed E-state index contributed by atoms with van der Waals surface area (Å²) in [6, 6.07) is 22.8.